The Balaban J connectivity index is 1.23. The van der Waals surface area contributed by atoms with Crippen molar-refractivity contribution in [3.05, 3.63) is 182 Å². The van der Waals surface area contributed by atoms with Gasteiger partial charge >= 0.3 is 0 Å². The Morgan fingerprint density at radius 2 is 1.17 bits per heavy atom. The molecular weight excluding hydrogens is 579 g/mol. The average Bonchev–Trinajstić information content (AvgIpc) is 3.49. The molecule has 1 aromatic heterocycles. The molecule has 8 aromatic carbocycles. The van der Waals surface area contributed by atoms with Crippen molar-refractivity contribution in [1.82, 2.24) is 4.57 Å². The zero-order valence-corrected chi connectivity index (χ0v) is 26.8. The van der Waals surface area contributed by atoms with Gasteiger partial charge in [0.25, 0.3) is 0 Å². The minimum atomic E-state index is 1.15. The molecule has 9 aromatic rings. The van der Waals surface area contributed by atoms with E-state index in [4.69, 9.17) is 0 Å². The molecule has 9 rings (SSSR count). The first kappa shape index (κ1) is 28.1. The molecule has 0 unspecified atom stereocenters. The molecule has 0 aliphatic carbocycles. The van der Waals surface area contributed by atoms with Crippen LogP contribution in [0.1, 0.15) is 12.5 Å². The van der Waals surface area contributed by atoms with Gasteiger partial charge in [0.05, 0.1) is 11.0 Å². The van der Waals surface area contributed by atoms with Crippen molar-refractivity contribution in [2.24, 2.45) is 0 Å². The number of hydrogen-bond acceptors (Lipinski definition) is 0. The topological polar surface area (TPSA) is 4.93 Å². The maximum absolute atomic E-state index is 3.98. The van der Waals surface area contributed by atoms with Crippen LogP contribution in [-0.2, 0) is 0 Å². The van der Waals surface area contributed by atoms with Crippen molar-refractivity contribution in [1.29, 1.82) is 0 Å². The van der Waals surface area contributed by atoms with Crippen LogP contribution in [0, 0.1) is 0 Å². The maximum Gasteiger partial charge on any atom is 0.0619 e. The summed E-state index contributed by atoms with van der Waals surface area (Å²) in [6.07, 6.45) is 4.03. The van der Waals surface area contributed by atoms with Gasteiger partial charge < -0.3 is 4.57 Å². The molecule has 1 heterocycles. The third-order valence-corrected chi connectivity index (χ3v) is 9.90. The fraction of sp³-hybridized carbons (Fsp3) is 0.0213. The fourth-order valence-corrected chi connectivity index (χ4v) is 7.51. The van der Waals surface area contributed by atoms with E-state index >= 15 is 0 Å². The van der Waals surface area contributed by atoms with Crippen molar-refractivity contribution in [3.63, 3.8) is 0 Å². The molecule has 0 N–H and O–H groups in total. The summed E-state index contributed by atoms with van der Waals surface area (Å²) in [4.78, 5) is 0. The summed E-state index contributed by atoms with van der Waals surface area (Å²) in [5.74, 6) is 0. The highest BCUT2D eigenvalue weighted by Crippen LogP contribution is 2.40. The first-order chi connectivity index (χ1) is 23.7. The summed E-state index contributed by atoms with van der Waals surface area (Å²) in [7, 11) is 0. The van der Waals surface area contributed by atoms with E-state index < -0.39 is 0 Å². The minimum Gasteiger partial charge on any atom is -0.309 e. The Bertz CT molecular complexity index is 2730. The van der Waals surface area contributed by atoms with E-state index in [0.717, 1.165) is 11.3 Å². The predicted molar refractivity (Wildman–Crippen MR) is 208 cm³/mol. The quantitative estimate of drug-likeness (QED) is 0.171. The van der Waals surface area contributed by atoms with Gasteiger partial charge in [0.2, 0.25) is 0 Å². The molecule has 0 saturated heterocycles. The zero-order chi connectivity index (χ0) is 32.2. The van der Waals surface area contributed by atoms with Gasteiger partial charge in [0.15, 0.2) is 0 Å². The number of benzene rings is 8. The van der Waals surface area contributed by atoms with Crippen LogP contribution in [0.25, 0.3) is 87.6 Å². The molecule has 0 fully saturated rings. The highest BCUT2D eigenvalue weighted by molar-refractivity contribution is 6.19. The van der Waals surface area contributed by atoms with Crippen LogP contribution in [-0.4, -0.2) is 4.57 Å². The number of fused-ring (bicyclic) bond motifs is 7. The minimum absolute atomic E-state index is 1.15. The predicted octanol–water partition coefficient (Wildman–Crippen LogP) is 13.2. The molecule has 0 saturated carbocycles. The lowest BCUT2D eigenvalue weighted by atomic mass is 9.95. The van der Waals surface area contributed by atoms with E-state index in [0.29, 0.717) is 0 Å². The molecule has 0 aliphatic heterocycles. The number of rotatable bonds is 5. The van der Waals surface area contributed by atoms with Crippen molar-refractivity contribution in [2.45, 2.75) is 6.92 Å². The summed E-state index contributed by atoms with van der Waals surface area (Å²) in [5.41, 5.74) is 10.9. The van der Waals surface area contributed by atoms with Gasteiger partial charge in [-0.3, -0.25) is 0 Å². The second kappa shape index (κ2) is 11.3. The summed E-state index contributed by atoms with van der Waals surface area (Å²) in [6.45, 7) is 6.03. The standard InChI is InChI=1S/C47H33N/c1-3-31(4-2)33-17-18-35-28-36(20-19-34(35)27-33)37-21-24-43-38(29-37)23-26-45-44-25-22-39(42-16-10-12-32-11-8-9-15-41(32)42)30-46(44)48(47(43)45)40-13-6-5-7-14-40/h3-30H,1H2,2H3/b31-4+. The summed E-state index contributed by atoms with van der Waals surface area (Å²) < 4.78 is 2.46. The highest BCUT2D eigenvalue weighted by atomic mass is 15.0. The number of aromatic nitrogens is 1. The van der Waals surface area contributed by atoms with Gasteiger partial charge in [-0.2, -0.15) is 0 Å². The Morgan fingerprint density at radius 1 is 0.500 bits per heavy atom. The van der Waals surface area contributed by atoms with Crippen LogP contribution >= 0.6 is 0 Å². The molecule has 1 nitrogen and oxygen atoms in total. The van der Waals surface area contributed by atoms with E-state index in [1.54, 1.807) is 0 Å². The number of allylic oxidation sites excluding steroid dienone is 3. The Kier molecular flexibility index (Phi) is 6.59. The average molecular weight is 612 g/mol. The van der Waals surface area contributed by atoms with Gasteiger partial charge in [-0.15, -0.1) is 0 Å². The normalized spacial score (nSPS) is 12.1. The molecule has 1 heteroatoms. The summed E-state index contributed by atoms with van der Waals surface area (Å²) in [6, 6.07) is 58.0. The van der Waals surface area contributed by atoms with Gasteiger partial charge in [-0.25, -0.2) is 0 Å². The Hall–Kier alpha value is -6.18. The van der Waals surface area contributed by atoms with Crippen LogP contribution in [0.5, 0.6) is 0 Å². The second-order valence-corrected chi connectivity index (χ2v) is 12.6. The molecule has 0 amide bonds. The fourth-order valence-electron chi connectivity index (χ4n) is 7.51. The first-order valence-electron chi connectivity index (χ1n) is 16.6. The zero-order valence-electron chi connectivity index (χ0n) is 26.8. The lowest BCUT2D eigenvalue weighted by Crippen LogP contribution is -1.94. The summed E-state index contributed by atoms with van der Waals surface area (Å²) >= 11 is 0. The van der Waals surface area contributed by atoms with Crippen LogP contribution in [0.15, 0.2) is 176 Å². The molecule has 226 valence electrons. The molecule has 0 bridgehead atoms. The van der Waals surface area contributed by atoms with Crippen LogP contribution < -0.4 is 0 Å². The molecule has 0 radical (unpaired) electrons. The largest absolute Gasteiger partial charge is 0.309 e. The van der Waals surface area contributed by atoms with E-state index in [2.05, 4.69) is 182 Å². The number of nitrogens with zero attached hydrogens (tertiary/aromatic N) is 1. The lowest BCUT2D eigenvalue weighted by molar-refractivity contribution is 1.19. The second-order valence-electron chi connectivity index (χ2n) is 12.6. The Labute approximate surface area is 280 Å². The van der Waals surface area contributed by atoms with E-state index in [-0.39, 0.29) is 0 Å². The Morgan fingerprint density at radius 3 is 2.02 bits per heavy atom. The van der Waals surface area contributed by atoms with E-state index in [1.165, 1.54) is 81.9 Å². The summed E-state index contributed by atoms with van der Waals surface area (Å²) in [5, 5.41) is 9.99. The molecular formula is C47H33N. The van der Waals surface area contributed by atoms with Crippen molar-refractivity contribution in [3.8, 4) is 27.9 Å². The van der Waals surface area contributed by atoms with E-state index in [1.807, 2.05) is 6.08 Å². The third kappa shape index (κ3) is 4.47. The van der Waals surface area contributed by atoms with E-state index in [9.17, 15) is 0 Å². The van der Waals surface area contributed by atoms with Gasteiger partial charge in [0.1, 0.15) is 0 Å². The maximum atomic E-state index is 3.98. The van der Waals surface area contributed by atoms with Gasteiger partial charge in [0, 0.05) is 21.8 Å². The van der Waals surface area contributed by atoms with Crippen molar-refractivity contribution >= 4 is 59.7 Å². The van der Waals surface area contributed by atoms with Gasteiger partial charge in [-0.1, -0.05) is 140 Å². The first-order valence-corrected chi connectivity index (χ1v) is 16.6. The van der Waals surface area contributed by atoms with Crippen LogP contribution in [0.4, 0.5) is 0 Å². The smallest absolute Gasteiger partial charge is 0.0619 e. The monoisotopic (exact) mass is 611 g/mol. The van der Waals surface area contributed by atoms with Crippen molar-refractivity contribution < 1.29 is 0 Å². The molecule has 0 spiro atoms. The number of para-hydroxylation sites is 1. The molecule has 48 heavy (non-hydrogen) atoms. The SMILES string of the molecule is C=C/C(=C\C)c1ccc2cc(-c3ccc4c(ccc5c6ccc(-c7cccc8ccccc78)cc6n(-c6ccccc6)c45)c3)ccc2c1. The lowest BCUT2D eigenvalue weighted by Gasteiger charge is -2.12. The third-order valence-electron chi connectivity index (χ3n) is 9.90. The highest BCUT2D eigenvalue weighted by Gasteiger charge is 2.17. The van der Waals surface area contributed by atoms with Crippen LogP contribution in [0.2, 0.25) is 0 Å². The van der Waals surface area contributed by atoms with Crippen LogP contribution in [0.3, 0.4) is 0 Å². The van der Waals surface area contributed by atoms with Crippen molar-refractivity contribution in [2.75, 3.05) is 0 Å². The molecule has 0 atom stereocenters. The van der Waals surface area contributed by atoms with Gasteiger partial charge in [-0.05, 0) is 104 Å². The molecule has 0 aliphatic rings. The number of hydrogen-bond donors (Lipinski definition) is 0.